The minimum Gasteiger partial charge on any atom is -0.508 e. The molecule has 1 amide bonds. The Morgan fingerprint density at radius 3 is 2.75 bits per heavy atom. The van der Waals surface area contributed by atoms with Crippen LogP contribution >= 0.6 is 11.6 Å². The smallest absolute Gasteiger partial charge is 0.270 e. The first-order valence-electron chi connectivity index (χ1n) is 7.81. The lowest BCUT2D eigenvalue weighted by Crippen LogP contribution is -2.27. The van der Waals surface area contributed by atoms with Crippen LogP contribution in [0, 0.1) is 0 Å². The third-order valence-electron chi connectivity index (χ3n) is 3.85. The molecule has 0 spiro atoms. The zero-order valence-corrected chi connectivity index (χ0v) is 14.0. The number of nitrogens with zero attached hydrogens (tertiary/aromatic N) is 2. The normalized spacial score (nSPS) is 10.9. The number of phenolic OH excluding ortho intramolecular Hbond substituents is 1. The van der Waals surface area contributed by atoms with Crippen molar-refractivity contribution in [3.63, 3.8) is 0 Å². The highest BCUT2D eigenvalue weighted by Crippen LogP contribution is 2.17. The van der Waals surface area contributed by atoms with Crippen molar-refractivity contribution in [1.82, 2.24) is 14.7 Å². The molecule has 24 heavy (non-hydrogen) atoms. The van der Waals surface area contributed by atoms with Crippen molar-refractivity contribution in [2.24, 2.45) is 0 Å². The number of aromatic hydroxyl groups is 1. The van der Waals surface area contributed by atoms with Crippen LogP contribution < -0.4 is 5.32 Å². The number of pyridine rings is 1. The van der Waals surface area contributed by atoms with Gasteiger partial charge in [0.2, 0.25) is 0 Å². The van der Waals surface area contributed by atoms with Crippen LogP contribution in [0.4, 0.5) is 0 Å². The van der Waals surface area contributed by atoms with E-state index in [9.17, 15) is 9.90 Å². The SMILES string of the molecule is CCc1nc2cc(Cl)ccn2c1C(=O)NCCc1ccc(O)cc1. The Bertz CT molecular complexity index is 872. The van der Waals surface area contributed by atoms with Crippen LogP contribution in [0.5, 0.6) is 5.75 Å². The Hall–Kier alpha value is -2.53. The number of imidazole rings is 1. The number of carbonyl (C=O) groups excluding carboxylic acids is 1. The molecule has 0 bridgehead atoms. The van der Waals surface area contributed by atoms with Gasteiger partial charge in [0.25, 0.3) is 5.91 Å². The number of hydrogen-bond acceptors (Lipinski definition) is 3. The van der Waals surface area contributed by atoms with Gasteiger partial charge in [0.05, 0.1) is 5.69 Å². The first-order chi connectivity index (χ1) is 11.6. The summed E-state index contributed by atoms with van der Waals surface area (Å²) < 4.78 is 1.76. The van der Waals surface area contributed by atoms with Crippen LogP contribution in [0.25, 0.3) is 5.65 Å². The van der Waals surface area contributed by atoms with E-state index in [1.54, 1.807) is 34.9 Å². The van der Waals surface area contributed by atoms with E-state index in [1.807, 2.05) is 19.1 Å². The number of benzene rings is 1. The standard InChI is InChI=1S/C18H18ClN3O2/c1-2-15-17(22-10-8-13(19)11-16(22)21-15)18(24)20-9-7-12-3-5-14(23)6-4-12/h3-6,8,10-11,23H,2,7,9H2,1H3,(H,20,24). The molecule has 0 aliphatic carbocycles. The third kappa shape index (κ3) is 3.36. The first kappa shape index (κ1) is 16.3. The first-order valence-corrected chi connectivity index (χ1v) is 8.19. The summed E-state index contributed by atoms with van der Waals surface area (Å²) in [6.07, 6.45) is 3.12. The maximum atomic E-state index is 12.6. The topological polar surface area (TPSA) is 66.6 Å². The second-order valence-electron chi connectivity index (χ2n) is 5.51. The minimum atomic E-state index is -0.152. The fourth-order valence-electron chi connectivity index (χ4n) is 2.62. The van der Waals surface area contributed by atoms with Gasteiger partial charge in [-0.3, -0.25) is 9.20 Å². The highest BCUT2D eigenvalue weighted by Gasteiger charge is 2.17. The lowest BCUT2D eigenvalue weighted by atomic mass is 10.1. The molecule has 0 fully saturated rings. The third-order valence-corrected chi connectivity index (χ3v) is 4.08. The van der Waals surface area contributed by atoms with Crippen LogP contribution in [-0.2, 0) is 12.8 Å². The maximum Gasteiger partial charge on any atom is 0.270 e. The Kier molecular flexibility index (Phi) is 4.71. The van der Waals surface area contributed by atoms with Crippen LogP contribution in [0.3, 0.4) is 0 Å². The van der Waals surface area contributed by atoms with Crippen LogP contribution in [0.2, 0.25) is 5.02 Å². The molecule has 3 rings (SSSR count). The predicted octanol–water partition coefficient (Wildman–Crippen LogP) is 3.23. The Morgan fingerprint density at radius 1 is 1.29 bits per heavy atom. The Labute approximate surface area is 144 Å². The second-order valence-corrected chi connectivity index (χ2v) is 5.94. The molecule has 6 heteroatoms. The molecule has 0 unspecified atom stereocenters. The molecular formula is C18H18ClN3O2. The van der Waals surface area contributed by atoms with Crippen LogP contribution in [0.1, 0.15) is 28.7 Å². The summed E-state index contributed by atoms with van der Waals surface area (Å²) in [6.45, 7) is 2.48. The maximum absolute atomic E-state index is 12.6. The van der Waals surface area contributed by atoms with Crippen LogP contribution in [0.15, 0.2) is 42.6 Å². The lowest BCUT2D eigenvalue weighted by molar-refractivity contribution is 0.0947. The van der Waals surface area contributed by atoms with Crippen molar-refractivity contribution >= 4 is 23.2 Å². The Morgan fingerprint density at radius 2 is 2.04 bits per heavy atom. The summed E-state index contributed by atoms with van der Waals surface area (Å²) >= 11 is 5.99. The van der Waals surface area contributed by atoms with Gasteiger partial charge in [0.15, 0.2) is 0 Å². The zero-order chi connectivity index (χ0) is 17.1. The van der Waals surface area contributed by atoms with Gasteiger partial charge in [-0.2, -0.15) is 0 Å². The van der Waals surface area contributed by atoms with E-state index in [-0.39, 0.29) is 11.7 Å². The summed E-state index contributed by atoms with van der Waals surface area (Å²) in [6, 6.07) is 10.4. The summed E-state index contributed by atoms with van der Waals surface area (Å²) in [5.74, 6) is 0.0835. The average Bonchev–Trinajstić information content (AvgIpc) is 2.94. The molecule has 2 aromatic heterocycles. The van der Waals surface area contributed by atoms with E-state index >= 15 is 0 Å². The Balaban J connectivity index is 1.74. The molecule has 0 aliphatic heterocycles. The number of phenols is 1. The molecular weight excluding hydrogens is 326 g/mol. The molecule has 124 valence electrons. The second kappa shape index (κ2) is 6.93. The molecule has 5 nitrogen and oxygen atoms in total. The van der Waals surface area contributed by atoms with Crippen molar-refractivity contribution < 1.29 is 9.90 Å². The van der Waals surface area contributed by atoms with E-state index in [1.165, 1.54) is 0 Å². The van der Waals surface area contributed by atoms with E-state index in [2.05, 4.69) is 10.3 Å². The number of rotatable bonds is 5. The highest BCUT2D eigenvalue weighted by molar-refractivity contribution is 6.30. The average molecular weight is 344 g/mol. The molecule has 0 aliphatic rings. The number of nitrogens with one attached hydrogen (secondary N) is 1. The minimum absolute atomic E-state index is 0.152. The van der Waals surface area contributed by atoms with Crippen molar-refractivity contribution in [1.29, 1.82) is 0 Å². The molecule has 1 aromatic carbocycles. The predicted molar refractivity (Wildman–Crippen MR) is 93.7 cm³/mol. The number of fused-ring (bicyclic) bond motifs is 1. The number of halogens is 1. The molecule has 2 heterocycles. The molecule has 2 N–H and O–H groups in total. The molecule has 0 saturated heterocycles. The number of hydrogen-bond donors (Lipinski definition) is 2. The molecule has 0 atom stereocenters. The van der Waals surface area contributed by atoms with Gasteiger partial charge in [0.1, 0.15) is 17.1 Å². The van der Waals surface area contributed by atoms with Gasteiger partial charge in [-0.25, -0.2) is 4.98 Å². The molecule has 0 saturated carbocycles. The highest BCUT2D eigenvalue weighted by atomic mass is 35.5. The number of aryl methyl sites for hydroxylation is 1. The van der Waals surface area contributed by atoms with E-state index < -0.39 is 0 Å². The fraction of sp³-hybridized carbons (Fsp3) is 0.222. The lowest BCUT2D eigenvalue weighted by Gasteiger charge is -2.07. The molecule has 0 radical (unpaired) electrons. The van der Waals surface area contributed by atoms with Crippen molar-refractivity contribution in [2.75, 3.05) is 6.54 Å². The largest absolute Gasteiger partial charge is 0.508 e. The van der Waals surface area contributed by atoms with Gasteiger partial charge >= 0.3 is 0 Å². The van der Waals surface area contributed by atoms with Gasteiger partial charge in [-0.15, -0.1) is 0 Å². The van der Waals surface area contributed by atoms with Gasteiger partial charge in [-0.1, -0.05) is 30.7 Å². The fourth-order valence-corrected chi connectivity index (χ4v) is 2.78. The van der Waals surface area contributed by atoms with Crippen molar-refractivity contribution in [3.05, 3.63) is 64.6 Å². The van der Waals surface area contributed by atoms with Gasteiger partial charge < -0.3 is 10.4 Å². The number of aromatic nitrogens is 2. The van der Waals surface area contributed by atoms with Gasteiger partial charge in [0, 0.05) is 23.8 Å². The summed E-state index contributed by atoms with van der Waals surface area (Å²) in [5.41, 5.74) is 3.02. The van der Waals surface area contributed by atoms with Crippen molar-refractivity contribution in [3.8, 4) is 5.75 Å². The van der Waals surface area contributed by atoms with E-state index in [0.717, 1.165) is 11.3 Å². The zero-order valence-electron chi connectivity index (χ0n) is 13.3. The molecule has 3 aromatic rings. The number of carbonyl (C=O) groups is 1. The number of amides is 1. The van der Waals surface area contributed by atoms with Gasteiger partial charge in [-0.05, 0) is 36.6 Å². The summed E-state index contributed by atoms with van der Waals surface area (Å²) in [5, 5.41) is 12.8. The summed E-state index contributed by atoms with van der Waals surface area (Å²) in [4.78, 5) is 17.1. The van der Waals surface area contributed by atoms with E-state index in [4.69, 9.17) is 11.6 Å². The quantitative estimate of drug-likeness (QED) is 0.747. The van der Waals surface area contributed by atoms with E-state index in [0.29, 0.717) is 35.8 Å². The monoisotopic (exact) mass is 343 g/mol. The van der Waals surface area contributed by atoms with Crippen molar-refractivity contribution in [2.45, 2.75) is 19.8 Å². The summed E-state index contributed by atoms with van der Waals surface area (Å²) in [7, 11) is 0. The van der Waals surface area contributed by atoms with Crippen LogP contribution in [-0.4, -0.2) is 26.9 Å².